The number of piperidine rings is 1. The molecule has 0 aromatic heterocycles. The lowest BCUT2D eigenvalue weighted by Gasteiger charge is -2.30. The van der Waals surface area contributed by atoms with Crippen LogP contribution in [0.2, 0.25) is 0 Å². The molecule has 2 nitrogen and oxygen atoms in total. The molecule has 3 heteroatoms. The topological polar surface area (TPSA) is 24.1 Å². The van der Waals surface area contributed by atoms with Crippen LogP contribution >= 0.6 is 0 Å². The molecule has 1 aromatic rings. The fourth-order valence-electron chi connectivity index (χ4n) is 2.47. The molecule has 2 N–H and O–H groups in total. The molecular weight excluding hydrogens is 215 g/mol. The van der Waals surface area contributed by atoms with Gasteiger partial charge in [-0.05, 0) is 57.8 Å². The van der Waals surface area contributed by atoms with Crippen LogP contribution in [0, 0.1) is 18.7 Å². The molecule has 0 radical (unpaired) electrons. The maximum absolute atomic E-state index is 13.4. The van der Waals surface area contributed by atoms with Gasteiger partial charge in [-0.2, -0.15) is 0 Å². The molecule has 1 saturated heterocycles. The van der Waals surface area contributed by atoms with E-state index in [0.29, 0.717) is 17.5 Å². The first-order chi connectivity index (χ1) is 8.18. The first-order valence-corrected chi connectivity index (χ1v) is 6.41. The van der Waals surface area contributed by atoms with Crippen LogP contribution in [0.25, 0.3) is 0 Å². The highest BCUT2D eigenvalue weighted by Crippen LogP contribution is 2.23. The highest BCUT2D eigenvalue weighted by atomic mass is 19.1. The molecule has 0 bridgehead atoms. The van der Waals surface area contributed by atoms with Crippen LogP contribution < -0.4 is 10.6 Å². The van der Waals surface area contributed by atoms with Crippen molar-refractivity contribution in [3.05, 3.63) is 29.6 Å². The van der Waals surface area contributed by atoms with Gasteiger partial charge in [-0.3, -0.25) is 0 Å². The van der Waals surface area contributed by atoms with Gasteiger partial charge in [0.05, 0.1) is 0 Å². The van der Waals surface area contributed by atoms with Gasteiger partial charge in [0.1, 0.15) is 5.82 Å². The van der Waals surface area contributed by atoms with E-state index >= 15 is 0 Å². The van der Waals surface area contributed by atoms with Gasteiger partial charge in [0.15, 0.2) is 0 Å². The van der Waals surface area contributed by atoms with Gasteiger partial charge in [0.25, 0.3) is 0 Å². The number of rotatable bonds is 3. The molecule has 94 valence electrons. The van der Waals surface area contributed by atoms with Crippen LogP contribution in [-0.2, 0) is 0 Å². The molecule has 0 spiro atoms. The van der Waals surface area contributed by atoms with Gasteiger partial charge in [-0.25, -0.2) is 4.39 Å². The van der Waals surface area contributed by atoms with Crippen molar-refractivity contribution in [3.63, 3.8) is 0 Å². The summed E-state index contributed by atoms with van der Waals surface area (Å²) < 4.78 is 13.4. The molecule has 1 unspecified atom stereocenters. The average Bonchev–Trinajstić information content (AvgIpc) is 2.36. The lowest BCUT2D eigenvalue weighted by Crippen LogP contribution is -2.36. The van der Waals surface area contributed by atoms with Gasteiger partial charge in [-0.1, -0.05) is 6.07 Å². The SMILES string of the molecule is Cc1c(F)cccc1NC(C)C1CCNCC1. The van der Waals surface area contributed by atoms with Crippen LogP contribution in [0.15, 0.2) is 18.2 Å². The zero-order valence-electron chi connectivity index (χ0n) is 10.6. The minimum Gasteiger partial charge on any atom is -0.382 e. The van der Waals surface area contributed by atoms with Gasteiger partial charge in [0.2, 0.25) is 0 Å². The van der Waals surface area contributed by atoms with Crippen molar-refractivity contribution in [2.24, 2.45) is 5.92 Å². The summed E-state index contributed by atoms with van der Waals surface area (Å²) in [7, 11) is 0. The third kappa shape index (κ3) is 2.97. The quantitative estimate of drug-likeness (QED) is 0.843. The van der Waals surface area contributed by atoms with Crippen molar-refractivity contribution in [2.45, 2.75) is 32.7 Å². The molecule has 0 saturated carbocycles. The number of hydrogen-bond donors (Lipinski definition) is 2. The summed E-state index contributed by atoms with van der Waals surface area (Å²) in [5.74, 6) is 0.548. The predicted octanol–water partition coefficient (Wildman–Crippen LogP) is 2.93. The number of hydrogen-bond acceptors (Lipinski definition) is 2. The van der Waals surface area contributed by atoms with E-state index in [1.54, 1.807) is 6.07 Å². The molecule has 1 fully saturated rings. The van der Waals surface area contributed by atoms with Crippen molar-refractivity contribution in [3.8, 4) is 0 Å². The highest BCUT2D eigenvalue weighted by Gasteiger charge is 2.20. The summed E-state index contributed by atoms with van der Waals surface area (Å²) in [4.78, 5) is 0. The maximum Gasteiger partial charge on any atom is 0.128 e. The molecule has 1 heterocycles. The summed E-state index contributed by atoms with van der Waals surface area (Å²) in [6.07, 6.45) is 2.39. The first kappa shape index (κ1) is 12.4. The molecule has 0 amide bonds. The minimum atomic E-state index is -0.132. The maximum atomic E-state index is 13.4. The third-order valence-corrected chi connectivity index (χ3v) is 3.74. The lowest BCUT2D eigenvalue weighted by molar-refractivity contribution is 0.343. The fraction of sp³-hybridized carbons (Fsp3) is 0.571. The van der Waals surface area contributed by atoms with Crippen molar-refractivity contribution < 1.29 is 4.39 Å². The number of nitrogens with one attached hydrogen (secondary N) is 2. The third-order valence-electron chi connectivity index (χ3n) is 3.74. The summed E-state index contributed by atoms with van der Waals surface area (Å²) >= 11 is 0. The summed E-state index contributed by atoms with van der Waals surface area (Å²) in [5.41, 5.74) is 1.64. The summed E-state index contributed by atoms with van der Waals surface area (Å²) in [5, 5.41) is 6.82. The van der Waals surface area contributed by atoms with Crippen LogP contribution in [-0.4, -0.2) is 19.1 Å². The Labute approximate surface area is 103 Å². The Morgan fingerprint density at radius 1 is 1.35 bits per heavy atom. The van der Waals surface area contributed by atoms with E-state index in [4.69, 9.17) is 0 Å². The Hall–Kier alpha value is -1.09. The van der Waals surface area contributed by atoms with Crippen LogP contribution in [0.4, 0.5) is 10.1 Å². The molecule has 1 aromatic carbocycles. The van der Waals surface area contributed by atoms with Crippen molar-refractivity contribution >= 4 is 5.69 Å². The molecular formula is C14H21FN2. The molecule has 1 aliphatic heterocycles. The van der Waals surface area contributed by atoms with Crippen LogP contribution in [0.5, 0.6) is 0 Å². The van der Waals surface area contributed by atoms with Crippen molar-refractivity contribution in [2.75, 3.05) is 18.4 Å². The first-order valence-electron chi connectivity index (χ1n) is 6.41. The zero-order chi connectivity index (χ0) is 12.3. The Morgan fingerprint density at radius 3 is 2.76 bits per heavy atom. The largest absolute Gasteiger partial charge is 0.382 e. The number of halogens is 1. The Morgan fingerprint density at radius 2 is 2.06 bits per heavy atom. The summed E-state index contributed by atoms with van der Waals surface area (Å²) in [6.45, 7) is 6.21. The van der Waals surface area contributed by atoms with E-state index in [2.05, 4.69) is 17.6 Å². The van der Waals surface area contributed by atoms with E-state index in [-0.39, 0.29) is 5.82 Å². The van der Waals surface area contributed by atoms with Gasteiger partial charge in [0, 0.05) is 17.3 Å². The predicted molar refractivity (Wildman–Crippen MR) is 69.8 cm³/mol. The fourth-order valence-corrected chi connectivity index (χ4v) is 2.47. The Balaban J connectivity index is 2.01. The second-order valence-corrected chi connectivity index (χ2v) is 4.93. The lowest BCUT2D eigenvalue weighted by atomic mass is 9.91. The second kappa shape index (κ2) is 5.50. The highest BCUT2D eigenvalue weighted by molar-refractivity contribution is 5.51. The monoisotopic (exact) mass is 236 g/mol. The van der Waals surface area contributed by atoms with Crippen molar-refractivity contribution in [1.29, 1.82) is 0 Å². The number of benzene rings is 1. The van der Waals surface area contributed by atoms with E-state index in [1.165, 1.54) is 18.9 Å². The van der Waals surface area contributed by atoms with E-state index in [1.807, 2.05) is 13.0 Å². The zero-order valence-corrected chi connectivity index (χ0v) is 10.6. The van der Waals surface area contributed by atoms with Gasteiger partial charge in [-0.15, -0.1) is 0 Å². The molecule has 17 heavy (non-hydrogen) atoms. The van der Waals surface area contributed by atoms with E-state index in [9.17, 15) is 4.39 Å². The van der Waals surface area contributed by atoms with Gasteiger partial charge >= 0.3 is 0 Å². The Bertz CT molecular complexity index is 372. The number of anilines is 1. The molecule has 1 aliphatic rings. The normalized spacial score (nSPS) is 19.0. The second-order valence-electron chi connectivity index (χ2n) is 4.93. The van der Waals surface area contributed by atoms with E-state index < -0.39 is 0 Å². The molecule has 0 aliphatic carbocycles. The Kier molecular flexibility index (Phi) is 4.00. The van der Waals surface area contributed by atoms with Crippen molar-refractivity contribution in [1.82, 2.24) is 5.32 Å². The minimum absolute atomic E-state index is 0.132. The average molecular weight is 236 g/mol. The summed E-state index contributed by atoms with van der Waals surface area (Å²) in [6, 6.07) is 5.63. The standard InChI is InChI=1S/C14H21FN2/c1-10-13(15)4-3-5-14(10)17-11(2)12-6-8-16-9-7-12/h3-5,11-12,16-17H,6-9H2,1-2H3. The van der Waals surface area contributed by atoms with Crippen LogP contribution in [0.3, 0.4) is 0 Å². The van der Waals surface area contributed by atoms with E-state index in [0.717, 1.165) is 18.8 Å². The smallest absolute Gasteiger partial charge is 0.128 e. The molecule has 1 atom stereocenters. The van der Waals surface area contributed by atoms with Gasteiger partial charge < -0.3 is 10.6 Å². The molecule has 2 rings (SSSR count). The van der Waals surface area contributed by atoms with Crippen LogP contribution in [0.1, 0.15) is 25.3 Å².